The van der Waals surface area contributed by atoms with Crippen molar-refractivity contribution in [2.45, 2.75) is 38.6 Å². The van der Waals surface area contributed by atoms with E-state index in [9.17, 15) is 4.79 Å². The molecule has 1 aliphatic rings. The Morgan fingerprint density at radius 2 is 2.41 bits per heavy atom. The summed E-state index contributed by atoms with van der Waals surface area (Å²) >= 11 is 0. The standard InChI is InChI=1S/C13H20N2O2/c1-2-12-10(6-7-17-12)13(16)15-8-9-4-3-5-11(9)14/h6-7,9,11H,2-5,8,14H2,1H3,(H,15,16). The summed E-state index contributed by atoms with van der Waals surface area (Å²) in [5, 5.41) is 2.95. The maximum absolute atomic E-state index is 11.9. The zero-order chi connectivity index (χ0) is 12.3. The van der Waals surface area contributed by atoms with Crippen LogP contribution in [0.25, 0.3) is 0 Å². The molecule has 0 aromatic carbocycles. The van der Waals surface area contributed by atoms with Crippen molar-refractivity contribution >= 4 is 5.91 Å². The van der Waals surface area contributed by atoms with Crippen LogP contribution in [0, 0.1) is 5.92 Å². The Hall–Kier alpha value is -1.29. The van der Waals surface area contributed by atoms with Gasteiger partial charge in [-0.2, -0.15) is 0 Å². The predicted molar refractivity (Wildman–Crippen MR) is 65.7 cm³/mol. The number of furan rings is 1. The molecule has 3 N–H and O–H groups in total. The van der Waals surface area contributed by atoms with Crippen molar-refractivity contribution in [3.63, 3.8) is 0 Å². The number of nitrogens with one attached hydrogen (secondary N) is 1. The average Bonchev–Trinajstić information content (AvgIpc) is 2.94. The molecule has 2 unspecified atom stereocenters. The van der Waals surface area contributed by atoms with Gasteiger partial charge in [0.15, 0.2) is 0 Å². The van der Waals surface area contributed by atoms with Gasteiger partial charge in [0.1, 0.15) is 5.76 Å². The number of nitrogens with two attached hydrogens (primary N) is 1. The fraction of sp³-hybridized carbons (Fsp3) is 0.615. The third-order valence-corrected chi connectivity index (χ3v) is 3.55. The highest BCUT2D eigenvalue weighted by molar-refractivity contribution is 5.95. The Morgan fingerprint density at radius 1 is 1.59 bits per heavy atom. The third kappa shape index (κ3) is 2.69. The number of carbonyl (C=O) groups excluding carboxylic acids is 1. The number of hydrogen-bond acceptors (Lipinski definition) is 3. The molecule has 0 spiro atoms. The first kappa shape index (κ1) is 12.2. The summed E-state index contributed by atoms with van der Waals surface area (Å²) in [7, 11) is 0. The van der Waals surface area contributed by atoms with Crippen molar-refractivity contribution in [1.29, 1.82) is 0 Å². The molecule has 1 fully saturated rings. The lowest BCUT2D eigenvalue weighted by Gasteiger charge is -2.15. The van der Waals surface area contributed by atoms with Gasteiger partial charge in [0, 0.05) is 19.0 Å². The molecule has 17 heavy (non-hydrogen) atoms. The highest BCUT2D eigenvalue weighted by atomic mass is 16.3. The highest BCUT2D eigenvalue weighted by Crippen LogP contribution is 2.23. The van der Waals surface area contributed by atoms with Gasteiger partial charge in [-0.25, -0.2) is 0 Å². The number of amides is 1. The number of hydrogen-bond donors (Lipinski definition) is 2. The van der Waals surface area contributed by atoms with Crippen LogP contribution in [0.5, 0.6) is 0 Å². The van der Waals surface area contributed by atoms with Crippen LogP contribution in [0.3, 0.4) is 0 Å². The molecule has 0 bridgehead atoms. The van der Waals surface area contributed by atoms with E-state index in [0.29, 0.717) is 18.0 Å². The summed E-state index contributed by atoms with van der Waals surface area (Å²) in [4.78, 5) is 11.9. The molecular weight excluding hydrogens is 216 g/mol. The van der Waals surface area contributed by atoms with E-state index in [0.717, 1.165) is 25.0 Å². The Morgan fingerprint density at radius 3 is 3.06 bits per heavy atom. The van der Waals surface area contributed by atoms with Crippen molar-refractivity contribution in [3.8, 4) is 0 Å². The molecule has 1 aliphatic carbocycles. The highest BCUT2D eigenvalue weighted by Gasteiger charge is 2.24. The summed E-state index contributed by atoms with van der Waals surface area (Å²) < 4.78 is 5.24. The van der Waals surface area contributed by atoms with Gasteiger partial charge in [-0.05, 0) is 24.8 Å². The van der Waals surface area contributed by atoms with Crippen molar-refractivity contribution in [2.75, 3.05) is 6.54 Å². The van der Waals surface area contributed by atoms with Gasteiger partial charge < -0.3 is 15.5 Å². The molecule has 0 aliphatic heterocycles. The third-order valence-electron chi connectivity index (χ3n) is 3.55. The molecule has 2 rings (SSSR count). The second-order valence-corrected chi connectivity index (χ2v) is 4.68. The SMILES string of the molecule is CCc1occc1C(=O)NCC1CCCC1N. The van der Waals surface area contributed by atoms with Crippen LogP contribution in [0.4, 0.5) is 0 Å². The van der Waals surface area contributed by atoms with Crippen LogP contribution in [0.1, 0.15) is 42.3 Å². The molecule has 4 nitrogen and oxygen atoms in total. The van der Waals surface area contributed by atoms with Crippen LogP contribution in [0.15, 0.2) is 16.7 Å². The van der Waals surface area contributed by atoms with Gasteiger partial charge in [0.05, 0.1) is 11.8 Å². The minimum absolute atomic E-state index is 0.0466. The Labute approximate surface area is 102 Å². The van der Waals surface area contributed by atoms with Gasteiger partial charge in [0.25, 0.3) is 5.91 Å². The van der Waals surface area contributed by atoms with E-state index < -0.39 is 0 Å². The first-order valence-corrected chi connectivity index (χ1v) is 6.32. The number of rotatable bonds is 4. The molecule has 94 valence electrons. The van der Waals surface area contributed by atoms with Crippen LogP contribution in [0.2, 0.25) is 0 Å². The van der Waals surface area contributed by atoms with Gasteiger partial charge in [-0.3, -0.25) is 4.79 Å². The summed E-state index contributed by atoms with van der Waals surface area (Å²) in [6, 6.07) is 1.97. The van der Waals surface area contributed by atoms with Crippen LogP contribution in [-0.4, -0.2) is 18.5 Å². The van der Waals surface area contributed by atoms with Crippen molar-refractivity contribution in [3.05, 3.63) is 23.7 Å². The fourth-order valence-corrected chi connectivity index (χ4v) is 2.45. The second-order valence-electron chi connectivity index (χ2n) is 4.68. The quantitative estimate of drug-likeness (QED) is 0.836. The Kier molecular flexibility index (Phi) is 3.84. The Balaban J connectivity index is 1.89. The number of aryl methyl sites for hydroxylation is 1. The molecule has 2 atom stereocenters. The molecule has 1 amide bonds. The van der Waals surface area contributed by atoms with E-state index in [1.54, 1.807) is 12.3 Å². The maximum atomic E-state index is 11.9. The zero-order valence-corrected chi connectivity index (χ0v) is 10.2. The van der Waals surface area contributed by atoms with Gasteiger partial charge in [-0.15, -0.1) is 0 Å². The summed E-state index contributed by atoms with van der Waals surface area (Å²) in [5.41, 5.74) is 6.62. The second kappa shape index (κ2) is 5.36. The predicted octanol–water partition coefficient (Wildman–Crippen LogP) is 1.70. The molecule has 1 heterocycles. The molecule has 0 radical (unpaired) electrons. The van der Waals surface area contributed by atoms with Gasteiger partial charge in [-0.1, -0.05) is 13.3 Å². The van der Waals surface area contributed by atoms with Crippen molar-refractivity contribution in [1.82, 2.24) is 5.32 Å². The van der Waals surface area contributed by atoms with E-state index in [-0.39, 0.29) is 11.9 Å². The summed E-state index contributed by atoms with van der Waals surface area (Å²) in [6.45, 7) is 2.65. The topological polar surface area (TPSA) is 68.3 Å². The van der Waals surface area contributed by atoms with Gasteiger partial charge in [0.2, 0.25) is 0 Å². The molecule has 0 saturated heterocycles. The monoisotopic (exact) mass is 236 g/mol. The molecular formula is C13H20N2O2. The number of carbonyl (C=O) groups is 1. The lowest BCUT2D eigenvalue weighted by Crippen LogP contribution is -2.36. The Bertz CT molecular complexity index is 387. The van der Waals surface area contributed by atoms with E-state index >= 15 is 0 Å². The zero-order valence-electron chi connectivity index (χ0n) is 10.2. The molecule has 1 aromatic heterocycles. The van der Waals surface area contributed by atoms with Crippen LogP contribution in [-0.2, 0) is 6.42 Å². The van der Waals surface area contributed by atoms with Crippen molar-refractivity contribution < 1.29 is 9.21 Å². The normalized spacial score (nSPS) is 23.9. The lowest BCUT2D eigenvalue weighted by molar-refractivity contribution is 0.0944. The van der Waals surface area contributed by atoms with E-state index in [2.05, 4.69) is 5.32 Å². The lowest BCUT2D eigenvalue weighted by atomic mass is 10.0. The van der Waals surface area contributed by atoms with E-state index in [1.807, 2.05) is 6.92 Å². The minimum Gasteiger partial charge on any atom is -0.469 e. The first-order chi connectivity index (χ1) is 8.22. The molecule has 4 heteroatoms. The molecule has 1 aromatic rings. The average molecular weight is 236 g/mol. The summed E-state index contributed by atoms with van der Waals surface area (Å²) in [6.07, 6.45) is 5.67. The largest absolute Gasteiger partial charge is 0.469 e. The van der Waals surface area contributed by atoms with E-state index in [4.69, 9.17) is 10.2 Å². The maximum Gasteiger partial charge on any atom is 0.254 e. The van der Waals surface area contributed by atoms with Gasteiger partial charge >= 0.3 is 0 Å². The smallest absolute Gasteiger partial charge is 0.254 e. The van der Waals surface area contributed by atoms with E-state index in [1.165, 1.54) is 6.42 Å². The van der Waals surface area contributed by atoms with Crippen LogP contribution < -0.4 is 11.1 Å². The van der Waals surface area contributed by atoms with Crippen LogP contribution >= 0.6 is 0 Å². The summed E-state index contributed by atoms with van der Waals surface area (Å²) in [5.74, 6) is 1.13. The minimum atomic E-state index is -0.0466. The fourth-order valence-electron chi connectivity index (χ4n) is 2.45. The van der Waals surface area contributed by atoms with Crippen molar-refractivity contribution in [2.24, 2.45) is 11.7 Å². The first-order valence-electron chi connectivity index (χ1n) is 6.32. The molecule has 1 saturated carbocycles.